The third-order valence-electron chi connectivity index (χ3n) is 2.25. The Hall–Kier alpha value is -2.54. The Morgan fingerprint density at radius 2 is 2.12 bits per heavy atom. The summed E-state index contributed by atoms with van der Waals surface area (Å²) in [5.41, 5.74) is 7.95. The maximum Gasteiger partial charge on any atom is 0.219 e. The highest BCUT2D eigenvalue weighted by atomic mass is 16.5. The predicted molar refractivity (Wildman–Crippen MR) is 64.6 cm³/mol. The molecule has 2 rings (SSSR count). The van der Waals surface area contributed by atoms with Gasteiger partial charge in [-0.05, 0) is 30.7 Å². The zero-order valence-electron chi connectivity index (χ0n) is 9.34. The average Bonchev–Trinajstić information content (AvgIpc) is 2.34. The topological polar surface area (TPSA) is 71.9 Å². The molecule has 0 saturated carbocycles. The van der Waals surface area contributed by atoms with Crippen LogP contribution in [-0.2, 0) is 0 Å². The quantitative estimate of drug-likeness (QED) is 0.797. The van der Waals surface area contributed by atoms with Gasteiger partial charge in [-0.3, -0.25) is 0 Å². The first kappa shape index (κ1) is 11.0. The fraction of sp³-hybridized carbons (Fsp3) is 0.0769. The summed E-state index contributed by atoms with van der Waals surface area (Å²) in [6.45, 7) is 1.96. The lowest BCUT2D eigenvalue weighted by Crippen LogP contribution is -1.94. The lowest BCUT2D eigenvalue weighted by molar-refractivity contribution is 0.465. The van der Waals surface area contributed by atoms with Crippen LogP contribution in [0.4, 0.5) is 5.69 Å². The van der Waals surface area contributed by atoms with Gasteiger partial charge >= 0.3 is 0 Å². The van der Waals surface area contributed by atoms with E-state index in [1.54, 1.807) is 18.2 Å². The Morgan fingerprint density at radius 3 is 2.71 bits per heavy atom. The summed E-state index contributed by atoms with van der Waals surface area (Å²) < 4.78 is 5.52. The number of hydrogen-bond acceptors (Lipinski definition) is 4. The van der Waals surface area contributed by atoms with Crippen LogP contribution in [0.2, 0.25) is 0 Å². The number of pyridine rings is 1. The monoisotopic (exact) mass is 225 g/mol. The molecule has 0 fully saturated rings. The molecule has 17 heavy (non-hydrogen) atoms. The van der Waals surface area contributed by atoms with Crippen molar-refractivity contribution in [3.63, 3.8) is 0 Å². The fourth-order valence-corrected chi connectivity index (χ4v) is 1.38. The normalized spacial score (nSPS) is 9.65. The number of aromatic nitrogens is 1. The lowest BCUT2D eigenvalue weighted by atomic mass is 10.2. The van der Waals surface area contributed by atoms with Gasteiger partial charge in [0, 0.05) is 12.3 Å². The summed E-state index contributed by atoms with van der Waals surface area (Å²) in [7, 11) is 0. The molecule has 1 aromatic heterocycles. The van der Waals surface area contributed by atoms with Crippen molar-refractivity contribution in [2.24, 2.45) is 0 Å². The highest BCUT2D eigenvalue weighted by Crippen LogP contribution is 2.26. The van der Waals surface area contributed by atoms with E-state index in [0.29, 0.717) is 22.9 Å². The van der Waals surface area contributed by atoms with E-state index < -0.39 is 0 Å². The van der Waals surface area contributed by atoms with E-state index in [0.717, 1.165) is 5.56 Å². The molecule has 4 nitrogen and oxygen atoms in total. The second-order valence-electron chi connectivity index (χ2n) is 3.64. The van der Waals surface area contributed by atoms with Gasteiger partial charge in [0.1, 0.15) is 6.07 Å². The molecule has 0 saturated heterocycles. The molecule has 84 valence electrons. The molecule has 0 aliphatic carbocycles. The third kappa shape index (κ3) is 2.52. The smallest absolute Gasteiger partial charge is 0.219 e. The minimum Gasteiger partial charge on any atom is -0.437 e. The molecule has 1 heterocycles. The number of nitriles is 1. The second kappa shape index (κ2) is 4.54. The van der Waals surface area contributed by atoms with Gasteiger partial charge in [-0.1, -0.05) is 6.07 Å². The highest BCUT2D eigenvalue weighted by Gasteiger charge is 2.03. The van der Waals surface area contributed by atoms with E-state index in [1.165, 1.54) is 6.20 Å². The minimum absolute atomic E-state index is 0.416. The molecule has 0 radical (unpaired) electrons. The Balaban J connectivity index is 2.23. The summed E-state index contributed by atoms with van der Waals surface area (Å²) in [6.07, 6.45) is 1.46. The van der Waals surface area contributed by atoms with Crippen LogP contribution in [0.25, 0.3) is 0 Å². The van der Waals surface area contributed by atoms with Crippen LogP contribution in [-0.4, -0.2) is 4.98 Å². The van der Waals surface area contributed by atoms with Crippen molar-refractivity contribution in [2.45, 2.75) is 6.92 Å². The van der Waals surface area contributed by atoms with Crippen molar-refractivity contribution in [3.8, 4) is 17.7 Å². The zero-order valence-corrected chi connectivity index (χ0v) is 9.34. The number of nitrogens with two attached hydrogens (primary N) is 1. The average molecular weight is 225 g/mol. The molecule has 0 spiro atoms. The number of rotatable bonds is 2. The number of hydrogen-bond donors (Lipinski definition) is 1. The predicted octanol–water partition coefficient (Wildman–Crippen LogP) is 2.64. The molecule has 4 heteroatoms. The molecule has 0 aliphatic rings. The fourth-order valence-electron chi connectivity index (χ4n) is 1.38. The number of benzene rings is 1. The van der Waals surface area contributed by atoms with E-state index in [1.807, 2.05) is 25.1 Å². The molecule has 1 aromatic carbocycles. The van der Waals surface area contributed by atoms with Gasteiger partial charge < -0.3 is 10.5 Å². The summed E-state index contributed by atoms with van der Waals surface area (Å²) in [6, 6.07) is 10.8. The van der Waals surface area contributed by atoms with Gasteiger partial charge in [0.15, 0.2) is 5.75 Å². The van der Waals surface area contributed by atoms with E-state index in [4.69, 9.17) is 15.7 Å². The van der Waals surface area contributed by atoms with E-state index in [-0.39, 0.29) is 0 Å². The first-order valence-electron chi connectivity index (χ1n) is 5.09. The van der Waals surface area contributed by atoms with E-state index in [2.05, 4.69) is 4.98 Å². The molecular weight excluding hydrogens is 214 g/mol. The van der Waals surface area contributed by atoms with Crippen LogP contribution in [0.15, 0.2) is 36.5 Å². The molecule has 0 bridgehead atoms. The number of nitrogens with zero attached hydrogens (tertiary/aromatic N) is 2. The van der Waals surface area contributed by atoms with Gasteiger partial charge in [0.05, 0.1) is 11.3 Å². The summed E-state index contributed by atoms with van der Waals surface area (Å²) >= 11 is 0. The Morgan fingerprint density at radius 1 is 1.29 bits per heavy atom. The van der Waals surface area contributed by atoms with Crippen LogP contribution >= 0.6 is 0 Å². The van der Waals surface area contributed by atoms with E-state index >= 15 is 0 Å². The largest absolute Gasteiger partial charge is 0.437 e. The van der Waals surface area contributed by atoms with Crippen molar-refractivity contribution < 1.29 is 4.74 Å². The molecular formula is C13H11N3O. The second-order valence-corrected chi connectivity index (χ2v) is 3.64. The van der Waals surface area contributed by atoms with Crippen molar-refractivity contribution in [3.05, 3.63) is 47.7 Å². The first-order valence-corrected chi connectivity index (χ1v) is 5.09. The third-order valence-corrected chi connectivity index (χ3v) is 2.25. The zero-order chi connectivity index (χ0) is 12.3. The number of anilines is 1. The maximum atomic E-state index is 8.64. The standard InChI is InChI=1S/C13H11N3O/c1-9-2-4-12(11(15)6-9)17-13-5-3-10(7-14)8-16-13/h2-6,8H,15H2,1H3. The summed E-state index contributed by atoms with van der Waals surface area (Å²) in [4.78, 5) is 4.01. The SMILES string of the molecule is Cc1ccc(Oc2ccc(C#N)cn2)c(N)c1. The van der Waals surface area contributed by atoms with Gasteiger partial charge in [-0.15, -0.1) is 0 Å². The Bertz CT molecular complexity index is 570. The molecule has 0 atom stereocenters. The number of ether oxygens (including phenoxy) is 1. The molecule has 0 amide bonds. The van der Waals surface area contributed by atoms with Crippen molar-refractivity contribution in [1.29, 1.82) is 5.26 Å². The molecule has 0 unspecified atom stereocenters. The highest BCUT2D eigenvalue weighted by molar-refractivity contribution is 5.55. The van der Waals surface area contributed by atoms with Crippen molar-refractivity contribution >= 4 is 5.69 Å². The summed E-state index contributed by atoms with van der Waals surface area (Å²) in [5, 5.41) is 8.64. The Kier molecular flexibility index (Phi) is 2.93. The van der Waals surface area contributed by atoms with Crippen molar-refractivity contribution in [1.82, 2.24) is 4.98 Å². The number of nitrogen functional groups attached to an aromatic ring is 1. The van der Waals surface area contributed by atoms with E-state index in [9.17, 15) is 0 Å². The van der Waals surface area contributed by atoms with Gasteiger partial charge in [-0.25, -0.2) is 4.98 Å². The van der Waals surface area contributed by atoms with Gasteiger partial charge in [0.2, 0.25) is 5.88 Å². The molecule has 2 N–H and O–H groups in total. The molecule has 2 aromatic rings. The Labute approximate surface area is 99.3 Å². The van der Waals surface area contributed by atoms with Crippen molar-refractivity contribution in [2.75, 3.05) is 5.73 Å². The summed E-state index contributed by atoms with van der Waals surface area (Å²) in [5.74, 6) is 0.979. The van der Waals surface area contributed by atoms with Gasteiger partial charge in [0.25, 0.3) is 0 Å². The minimum atomic E-state index is 0.416. The molecule has 0 aliphatic heterocycles. The van der Waals surface area contributed by atoms with Gasteiger partial charge in [-0.2, -0.15) is 5.26 Å². The first-order chi connectivity index (χ1) is 8.19. The van der Waals surface area contributed by atoms with Crippen LogP contribution < -0.4 is 10.5 Å². The van der Waals surface area contributed by atoms with Crippen LogP contribution in [0.3, 0.4) is 0 Å². The lowest BCUT2D eigenvalue weighted by Gasteiger charge is -2.07. The van der Waals surface area contributed by atoms with Crippen LogP contribution in [0.1, 0.15) is 11.1 Å². The number of aryl methyl sites for hydroxylation is 1. The maximum absolute atomic E-state index is 8.64. The van der Waals surface area contributed by atoms with Crippen LogP contribution in [0.5, 0.6) is 11.6 Å². The van der Waals surface area contributed by atoms with Crippen LogP contribution in [0, 0.1) is 18.3 Å².